The molecule has 7 nitrogen and oxygen atoms in total. The molecule has 2 aliphatic rings. The van der Waals surface area contributed by atoms with Gasteiger partial charge in [-0.2, -0.15) is 0 Å². The minimum atomic E-state index is -0.898. The van der Waals surface area contributed by atoms with Gasteiger partial charge in [-0.05, 0) is 50.4 Å². The topological polar surface area (TPSA) is 68.3 Å². The summed E-state index contributed by atoms with van der Waals surface area (Å²) in [6.45, 7) is 13.7. The zero-order chi connectivity index (χ0) is 28.0. The molecule has 2 saturated heterocycles. The fourth-order valence-corrected chi connectivity index (χ4v) is 5.10. The van der Waals surface area contributed by atoms with Crippen molar-refractivity contribution in [1.82, 2.24) is 9.80 Å². The number of amides is 2. The molecule has 0 aliphatic carbocycles. The van der Waals surface area contributed by atoms with Crippen LogP contribution in [0.1, 0.15) is 59.6 Å². The van der Waals surface area contributed by atoms with Crippen LogP contribution in [0.25, 0.3) is 0 Å². The Balaban J connectivity index is 1.58. The van der Waals surface area contributed by atoms with Crippen molar-refractivity contribution in [2.24, 2.45) is 5.41 Å². The van der Waals surface area contributed by atoms with Crippen LogP contribution in [0.3, 0.4) is 0 Å². The molecular formula is C29H38BFN2O5. The summed E-state index contributed by atoms with van der Waals surface area (Å²) in [6.07, 6.45) is -1.13. The van der Waals surface area contributed by atoms with E-state index < -0.39 is 47.9 Å². The number of likely N-dealkylation sites (N-methyl/N-ethyl adjacent to an activating group) is 1. The van der Waals surface area contributed by atoms with E-state index in [-0.39, 0.29) is 18.9 Å². The summed E-state index contributed by atoms with van der Waals surface area (Å²) in [7, 11) is 0.977. The summed E-state index contributed by atoms with van der Waals surface area (Å²) in [5, 5.41) is 0. The number of ether oxygens (including phenoxy) is 1. The van der Waals surface area contributed by atoms with Crippen molar-refractivity contribution in [3.05, 3.63) is 65.5 Å². The number of hydrogen-bond acceptors (Lipinski definition) is 5. The number of nitrogens with zero attached hydrogens (tertiary/aromatic N) is 2. The first-order chi connectivity index (χ1) is 17.6. The average molecular weight is 523 g/mol. The molecule has 2 aliphatic heterocycles. The van der Waals surface area contributed by atoms with Crippen LogP contribution in [0.4, 0.5) is 9.18 Å². The Hall–Kier alpha value is -2.91. The molecule has 0 radical (unpaired) electrons. The van der Waals surface area contributed by atoms with E-state index in [0.717, 1.165) is 5.56 Å². The van der Waals surface area contributed by atoms with Crippen molar-refractivity contribution in [1.29, 1.82) is 0 Å². The normalized spacial score (nSPS) is 22.8. The van der Waals surface area contributed by atoms with Crippen molar-refractivity contribution < 1.29 is 28.0 Å². The average Bonchev–Trinajstić information content (AvgIpc) is 3.21. The van der Waals surface area contributed by atoms with Crippen LogP contribution in [0.15, 0.2) is 48.5 Å². The Labute approximate surface area is 225 Å². The van der Waals surface area contributed by atoms with Crippen molar-refractivity contribution in [3.8, 4) is 0 Å². The van der Waals surface area contributed by atoms with Crippen LogP contribution < -0.4 is 5.46 Å². The smallest absolute Gasteiger partial charge is 0.444 e. The number of benzene rings is 2. The van der Waals surface area contributed by atoms with Crippen LogP contribution in [-0.2, 0) is 31.9 Å². The lowest BCUT2D eigenvalue weighted by molar-refractivity contribution is -0.129. The lowest BCUT2D eigenvalue weighted by atomic mass is 9.78. The van der Waals surface area contributed by atoms with Gasteiger partial charge in [0.1, 0.15) is 24.6 Å². The van der Waals surface area contributed by atoms with Gasteiger partial charge in [0, 0.05) is 18.9 Å². The minimum absolute atomic E-state index is 0.0195. The Morgan fingerprint density at radius 2 is 1.66 bits per heavy atom. The monoisotopic (exact) mass is 523 g/mol. The van der Waals surface area contributed by atoms with Gasteiger partial charge in [-0.25, -0.2) is 9.18 Å². The molecule has 2 atom stereocenters. The van der Waals surface area contributed by atoms with E-state index in [2.05, 4.69) is 0 Å². The molecule has 2 aromatic rings. The molecule has 0 spiro atoms. The fourth-order valence-electron chi connectivity index (χ4n) is 5.10. The number of hydrogen-bond donors (Lipinski definition) is 0. The van der Waals surface area contributed by atoms with Crippen molar-refractivity contribution in [2.45, 2.75) is 84.9 Å². The van der Waals surface area contributed by atoms with E-state index in [1.807, 2.05) is 78.8 Å². The molecule has 0 bridgehead atoms. The predicted octanol–water partition coefficient (Wildman–Crippen LogP) is 4.52. The molecule has 9 heteroatoms. The van der Waals surface area contributed by atoms with Gasteiger partial charge < -0.3 is 18.9 Å². The predicted molar refractivity (Wildman–Crippen MR) is 144 cm³/mol. The van der Waals surface area contributed by atoms with Crippen LogP contribution in [0, 0.1) is 11.2 Å². The summed E-state index contributed by atoms with van der Waals surface area (Å²) in [4.78, 5) is 29.8. The fraction of sp³-hybridized carbons (Fsp3) is 0.517. The molecule has 0 saturated carbocycles. The molecule has 2 heterocycles. The molecular weight excluding hydrogens is 485 g/mol. The van der Waals surface area contributed by atoms with Gasteiger partial charge in [0.2, 0.25) is 5.91 Å². The summed E-state index contributed by atoms with van der Waals surface area (Å²) < 4.78 is 33.2. The first-order valence-electron chi connectivity index (χ1n) is 13.0. The quantitative estimate of drug-likeness (QED) is 0.540. The molecule has 2 aromatic carbocycles. The first kappa shape index (κ1) is 28.1. The molecule has 204 valence electrons. The van der Waals surface area contributed by atoms with E-state index >= 15 is 4.39 Å². The maximum absolute atomic E-state index is 15.4. The first-order valence-corrected chi connectivity index (χ1v) is 13.0. The maximum Gasteiger partial charge on any atom is 0.494 e. The van der Waals surface area contributed by atoms with Gasteiger partial charge in [-0.15, -0.1) is 0 Å². The SMILES string of the molecule is CN1C(=O)[C@H](Cc2ccc(B3OC(C)(C)C(C)(C)O3)cc2[18F])N(C(=O)OCc2ccccc2)[C@H]1C(C)(C)C. The van der Waals surface area contributed by atoms with E-state index in [1.54, 1.807) is 24.1 Å². The molecule has 0 unspecified atom stereocenters. The van der Waals surface area contributed by atoms with Gasteiger partial charge in [0.15, 0.2) is 0 Å². The Morgan fingerprint density at radius 3 is 2.21 bits per heavy atom. The highest BCUT2D eigenvalue weighted by Crippen LogP contribution is 2.37. The molecule has 2 amide bonds. The van der Waals surface area contributed by atoms with Gasteiger partial charge in [0.05, 0.1) is 11.2 Å². The summed E-state index contributed by atoms with van der Waals surface area (Å²) >= 11 is 0. The van der Waals surface area contributed by atoms with Gasteiger partial charge in [-0.3, -0.25) is 9.69 Å². The molecule has 38 heavy (non-hydrogen) atoms. The highest BCUT2D eigenvalue weighted by atomic mass is 18.2. The Kier molecular flexibility index (Phi) is 7.40. The number of carbonyl (C=O) groups excluding carboxylic acids is 2. The number of rotatable bonds is 5. The summed E-state index contributed by atoms with van der Waals surface area (Å²) in [5.41, 5.74) is 0.183. The van der Waals surface area contributed by atoms with Crippen molar-refractivity contribution >= 4 is 24.6 Å². The number of halogens is 1. The molecule has 0 aromatic heterocycles. The summed E-state index contributed by atoms with van der Waals surface area (Å²) in [6, 6.07) is 13.2. The zero-order valence-corrected chi connectivity index (χ0v) is 23.6. The lowest BCUT2D eigenvalue weighted by Crippen LogP contribution is -2.51. The zero-order valence-electron chi connectivity index (χ0n) is 23.6. The lowest BCUT2D eigenvalue weighted by Gasteiger charge is -2.38. The highest BCUT2D eigenvalue weighted by Gasteiger charge is 2.53. The Morgan fingerprint density at radius 1 is 1.05 bits per heavy atom. The van der Waals surface area contributed by atoms with Crippen molar-refractivity contribution in [3.63, 3.8) is 0 Å². The van der Waals surface area contributed by atoms with Crippen LogP contribution in [0.2, 0.25) is 0 Å². The van der Waals surface area contributed by atoms with Gasteiger partial charge in [0.25, 0.3) is 0 Å². The van der Waals surface area contributed by atoms with E-state index in [1.165, 1.54) is 11.0 Å². The Bertz CT molecular complexity index is 1180. The second-order valence-electron chi connectivity index (χ2n) is 12.3. The molecule has 0 N–H and O–H groups in total. The largest absolute Gasteiger partial charge is 0.494 e. The van der Waals surface area contributed by atoms with Crippen LogP contribution >= 0.6 is 0 Å². The van der Waals surface area contributed by atoms with Crippen molar-refractivity contribution in [2.75, 3.05) is 7.05 Å². The third-order valence-corrected chi connectivity index (χ3v) is 7.81. The third kappa shape index (κ3) is 5.31. The van der Waals surface area contributed by atoms with E-state index in [0.29, 0.717) is 11.0 Å². The molecule has 2 fully saturated rings. The highest BCUT2D eigenvalue weighted by molar-refractivity contribution is 6.62. The third-order valence-electron chi connectivity index (χ3n) is 7.81. The number of carbonyl (C=O) groups is 2. The standard InChI is InChI=1S/C29H38BFN2O5/c1-27(2,3)25-32(8)24(34)23(33(25)26(35)36-18-19-12-10-9-11-13-19)16-20-14-15-21(17-22(20)31)30-37-28(4,5)29(6,7)38-30/h9-15,17,23,25H,16,18H2,1-8H3/t23-,25-/m0/s1/i31-1. The second kappa shape index (κ2) is 10.0. The van der Waals surface area contributed by atoms with E-state index in [4.69, 9.17) is 14.0 Å². The maximum atomic E-state index is 15.4. The minimum Gasteiger partial charge on any atom is -0.444 e. The van der Waals surface area contributed by atoms with E-state index in [9.17, 15) is 9.59 Å². The molecule has 4 rings (SSSR count). The summed E-state index contributed by atoms with van der Waals surface area (Å²) in [5.74, 6) is -0.736. The van der Waals surface area contributed by atoms with Crippen LogP contribution in [0.5, 0.6) is 0 Å². The van der Waals surface area contributed by atoms with Crippen LogP contribution in [-0.4, -0.2) is 59.4 Å². The second-order valence-corrected chi connectivity index (χ2v) is 12.3. The van der Waals surface area contributed by atoms with Gasteiger partial charge in [-0.1, -0.05) is 63.2 Å². The van der Waals surface area contributed by atoms with Gasteiger partial charge >= 0.3 is 13.2 Å².